The molecule has 2 aromatic heterocycles. The first-order chi connectivity index (χ1) is 13.2. The third kappa shape index (κ3) is 4.78. The summed E-state index contributed by atoms with van der Waals surface area (Å²) < 4.78 is 41.7. The third-order valence-electron chi connectivity index (χ3n) is 3.86. The van der Waals surface area contributed by atoms with Gasteiger partial charge in [-0.25, -0.2) is 4.52 Å². The second-order valence-electron chi connectivity index (χ2n) is 5.93. The highest BCUT2D eigenvalue weighted by Crippen LogP contribution is 2.22. The van der Waals surface area contributed by atoms with E-state index in [1.165, 1.54) is 22.8 Å². The summed E-state index contributed by atoms with van der Waals surface area (Å²) >= 11 is 0. The molecular formula is C18H15F3N4O3. The van der Waals surface area contributed by atoms with Crippen LogP contribution in [0.4, 0.5) is 13.2 Å². The van der Waals surface area contributed by atoms with Crippen LogP contribution in [0.2, 0.25) is 0 Å². The molecule has 7 nitrogen and oxygen atoms in total. The number of ether oxygens (including phenoxy) is 1. The van der Waals surface area contributed by atoms with E-state index in [1.54, 1.807) is 18.3 Å². The monoisotopic (exact) mass is 392 g/mol. The Balaban J connectivity index is 1.59. The zero-order valence-corrected chi connectivity index (χ0v) is 14.4. The molecule has 2 heterocycles. The third-order valence-corrected chi connectivity index (χ3v) is 3.86. The number of carbonyl (C=O) groups is 2. The Morgan fingerprint density at radius 1 is 1.14 bits per heavy atom. The van der Waals surface area contributed by atoms with Crippen molar-refractivity contribution in [2.75, 3.05) is 0 Å². The molecule has 0 atom stereocenters. The van der Waals surface area contributed by atoms with Gasteiger partial charge >= 0.3 is 6.36 Å². The summed E-state index contributed by atoms with van der Waals surface area (Å²) in [5.41, 5.74) is 7.36. The first-order valence-electron chi connectivity index (χ1n) is 8.09. The predicted molar refractivity (Wildman–Crippen MR) is 92.4 cm³/mol. The molecule has 2 amide bonds. The standard InChI is InChI=1S/C18H15F3N4O3/c19-18(20,21)28-13-3-1-11(2-4-13)8-16(26)23-9-12-5-6-25-15(7-12)14(10-24-25)17(22)27/h1-7,10H,8-9H2,(H2,22,27)(H,23,26). The fourth-order valence-electron chi connectivity index (χ4n) is 2.58. The molecule has 0 saturated heterocycles. The maximum atomic E-state index is 12.1. The van der Waals surface area contributed by atoms with Crippen molar-refractivity contribution in [3.8, 4) is 5.75 Å². The smallest absolute Gasteiger partial charge is 0.406 e. The van der Waals surface area contributed by atoms with Crippen LogP contribution in [0.25, 0.3) is 5.52 Å². The van der Waals surface area contributed by atoms with Gasteiger partial charge in [-0.3, -0.25) is 9.59 Å². The molecule has 0 fully saturated rings. The molecule has 10 heteroatoms. The zero-order valence-electron chi connectivity index (χ0n) is 14.4. The fourth-order valence-corrected chi connectivity index (χ4v) is 2.58. The second kappa shape index (κ2) is 7.59. The quantitative estimate of drug-likeness (QED) is 0.672. The Kier molecular flexibility index (Phi) is 5.21. The molecule has 0 bridgehead atoms. The van der Waals surface area contributed by atoms with Crippen molar-refractivity contribution in [3.63, 3.8) is 0 Å². The van der Waals surface area contributed by atoms with Crippen LogP contribution in [0.5, 0.6) is 5.75 Å². The first-order valence-corrected chi connectivity index (χ1v) is 8.09. The minimum Gasteiger partial charge on any atom is -0.406 e. The van der Waals surface area contributed by atoms with E-state index in [0.29, 0.717) is 11.1 Å². The number of primary amides is 1. The van der Waals surface area contributed by atoms with Crippen LogP contribution in [0.3, 0.4) is 0 Å². The van der Waals surface area contributed by atoms with E-state index >= 15 is 0 Å². The van der Waals surface area contributed by atoms with Crippen molar-refractivity contribution in [2.45, 2.75) is 19.3 Å². The van der Waals surface area contributed by atoms with E-state index in [9.17, 15) is 22.8 Å². The molecule has 146 valence electrons. The molecule has 1 aromatic carbocycles. The van der Waals surface area contributed by atoms with Gasteiger partial charge in [0.25, 0.3) is 5.91 Å². The lowest BCUT2D eigenvalue weighted by Gasteiger charge is -2.09. The lowest BCUT2D eigenvalue weighted by atomic mass is 10.1. The van der Waals surface area contributed by atoms with Gasteiger partial charge in [0.2, 0.25) is 5.91 Å². The van der Waals surface area contributed by atoms with Crippen molar-refractivity contribution in [1.29, 1.82) is 0 Å². The minimum absolute atomic E-state index is 0.00619. The Morgan fingerprint density at radius 2 is 1.86 bits per heavy atom. The number of hydrogen-bond acceptors (Lipinski definition) is 4. The van der Waals surface area contributed by atoms with Crippen LogP contribution in [-0.2, 0) is 17.8 Å². The number of nitrogens with zero attached hydrogens (tertiary/aromatic N) is 2. The molecule has 0 aliphatic carbocycles. The fraction of sp³-hybridized carbons (Fsp3) is 0.167. The molecule has 3 aromatic rings. The highest BCUT2D eigenvalue weighted by atomic mass is 19.4. The number of alkyl halides is 3. The average Bonchev–Trinajstić information content (AvgIpc) is 3.04. The summed E-state index contributed by atoms with van der Waals surface area (Å²) in [6, 6.07) is 8.49. The lowest BCUT2D eigenvalue weighted by molar-refractivity contribution is -0.274. The summed E-state index contributed by atoms with van der Waals surface area (Å²) in [5.74, 6) is -1.27. The topological polar surface area (TPSA) is 98.7 Å². The van der Waals surface area contributed by atoms with Gasteiger partial charge in [-0.1, -0.05) is 12.1 Å². The van der Waals surface area contributed by atoms with Crippen LogP contribution in [0.1, 0.15) is 21.5 Å². The molecule has 0 aliphatic heterocycles. The van der Waals surface area contributed by atoms with Crippen LogP contribution in [-0.4, -0.2) is 27.8 Å². The van der Waals surface area contributed by atoms with Crippen molar-refractivity contribution in [1.82, 2.24) is 14.9 Å². The number of aromatic nitrogens is 2. The molecule has 0 radical (unpaired) electrons. The van der Waals surface area contributed by atoms with Crippen molar-refractivity contribution in [3.05, 3.63) is 65.5 Å². The molecule has 3 rings (SSSR count). The molecule has 0 saturated carbocycles. The largest absolute Gasteiger partial charge is 0.573 e. The lowest BCUT2D eigenvalue weighted by Crippen LogP contribution is -2.24. The van der Waals surface area contributed by atoms with Crippen LogP contribution in [0.15, 0.2) is 48.8 Å². The minimum atomic E-state index is -4.76. The number of nitrogens with one attached hydrogen (secondary N) is 1. The van der Waals surface area contributed by atoms with Gasteiger partial charge in [-0.05, 0) is 35.4 Å². The van der Waals surface area contributed by atoms with Crippen molar-refractivity contribution >= 4 is 17.3 Å². The van der Waals surface area contributed by atoms with Gasteiger partial charge in [-0.15, -0.1) is 13.2 Å². The maximum absolute atomic E-state index is 12.1. The number of halogens is 3. The Hall–Kier alpha value is -3.56. The van der Waals surface area contributed by atoms with Gasteiger partial charge in [-0.2, -0.15) is 5.10 Å². The van der Waals surface area contributed by atoms with Gasteiger partial charge in [0.1, 0.15) is 5.75 Å². The number of amides is 2. The van der Waals surface area contributed by atoms with Crippen LogP contribution < -0.4 is 15.8 Å². The molecule has 3 N–H and O–H groups in total. The Morgan fingerprint density at radius 3 is 2.50 bits per heavy atom. The van der Waals surface area contributed by atoms with Gasteiger partial charge in [0, 0.05) is 12.7 Å². The highest BCUT2D eigenvalue weighted by Gasteiger charge is 2.30. The van der Waals surface area contributed by atoms with Gasteiger partial charge < -0.3 is 15.8 Å². The van der Waals surface area contributed by atoms with E-state index in [4.69, 9.17) is 5.73 Å². The van der Waals surface area contributed by atoms with E-state index in [2.05, 4.69) is 15.2 Å². The van der Waals surface area contributed by atoms with E-state index in [0.717, 1.165) is 17.7 Å². The normalized spacial score (nSPS) is 11.4. The van der Waals surface area contributed by atoms with Crippen molar-refractivity contribution in [2.24, 2.45) is 5.73 Å². The SMILES string of the molecule is NC(=O)c1cnn2ccc(CNC(=O)Cc3ccc(OC(F)(F)F)cc3)cc12. The van der Waals surface area contributed by atoms with Gasteiger partial charge in [0.15, 0.2) is 0 Å². The molecule has 0 aliphatic rings. The summed E-state index contributed by atoms with van der Waals surface area (Å²) in [7, 11) is 0. The summed E-state index contributed by atoms with van der Waals surface area (Å²) in [4.78, 5) is 23.5. The summed E-state index contributed by atoms with van der Waals surface area (Å²) in [6.07, 6.45) is -1.76. The Bertz CT molecular complexity index is 1010. The van der Waals surface area contributed by atoms with E-state index < -0.39 is 12.3 Å². The number of rotatable bonds is 6. The maximum Gasteiger partial charge on any atom is 0.573 e. The van der Waals surface area contributed by atoms with Crippen LogP contribution in [0, 0.1) is 0 Å². The molecule has 28 heavy (non-hydrogen) atoms. The summed E-state index contributed by atoms with van der Waals surface area (Å²) in [6.45, 7) is 0.202. The van der Waals surface area contributed by atoms with E-state index in [-0.39, 0.29) is 30.2 Å². The van der Waals surface area contributed by atoms with Crippen LogP contribution >= 0.6 is 0 Å². The number of hydrogen-bond donors (Lipinski definition) is 2. The molecular weight excluding hydrogens is 377 g/mol. The number of fused-ring (bicyclic) bond motifs is 1. The number of pyridine rings is 1. The van der Waals surface area contributed by atoms with Gasteiger partial charge in [0.05, 0.1) is 23.7 Å². The number of carbonyl (C=O) groups excluding carboxylic acids is 2. The van der Waals surface area contributed by atoms with E-state index in [1.807, 2.05) is 0 Å². The second-order valence-corrected chi connectivity index (χ2v) is 5.93. The molecule has 0 unspecified atom stereocenters. The summed E-state index contributed by atoms with van der Waals surface area (Å²) in [5, 5.41) is 6.72. The zero-order chi connectivity index (χ0) is 20.3. The first kappa shape index (κ1) is 19.2. The average molecular weight is 392 g/mol. The number of nitrogens with two attached hydrogens (primary N) is 1. The predicted octanol–water partition coefficient (Wildman–Crippen LogP) is 2.19. The van der Waals surface area contributed by atoms with Crippen molar-refractivity contribution < 1.29 is 27.5 Å². The number of benzene rings is 1. The molecule has 0 spiro atoms. The highest BCUT2D eigenvalue weighted by molar-refractivity contribution is 5.99. The Labute approximate surface area is 156 Å².